The van der Waals surface area contributed by atoms with Gasteiger partial charge in [0.2, 0.25) is 0 Å². The molecule has 0 atom stereocenters. The van der Waals surface area contributed by atoms with Gasteiger partial charge in [0.05, 0.1) is 0 Å². The molecule has 0 amide bonds. The van der Waals surface area contributed by atoms with Crippen molar-refractivity contribution in [1.29, 1.82) is 0 Å². The Balaban J connectivity index is 1.73. The fourth-order valence-electron chi connectivity index (χ4n) is 3.94. The van der Waals surface area contributed by atoms with Crippen molar-refractivity contribution in [3.8, 4) is 0 Å². The lowest BCUT2D eigenvalue weighted by Crippen LogP contribution is -2.23. The van der Waals surface area contributed by atoms with Crippen molar-refractivity contribution in [2.24, 2.45) is 5.41 Å². The number of carbonyl (C=O) groups is 3. The number of rotatable bonds is 15. The Morgan fingerprint density at radius 1 is 0.788 bits per heavy atom. The van der Waals surface area contributed by atoms with Crippen LogP contribution in [0.15, 0.2) is 58.7 Å². The van der Waals surface area contributed by atoms with Crippen molar-refractivity contribution in [1.82, 2.24) is 0 Å². The van der Waals surface area contributed by atoms with Gasteiger partial charge in [-0.3, -0.25) is 14.4 Å². The maximum Gasteiger partial charge on any atom is 0.293 e. The Kier molecular flexibility index (Phi) is 9.78. The van der Waals surface area contributed by atoms with Gasteiger partial charge >= 0.3 is 0 Å². The molecule has 180 valence electrons. The summed E-state index contributed by atoms with van der Waals surface area (Å²) in [6, 6.07) is 0. The number of carbonyl (C=O) groups excluding carboxylic acids is 3. The Bertz CT molecular complexity index is 893. The lowest BCUT2D eigenvalue weighted by atomic mass is 9.87. The summed E-state index contributed by atoms with van der Waals surface area (Å²) in [6.07, 6.45) is 17.5. The van der Waals surface area contributed by atoms with Crippen molar-refractivity contribution in [2.45, 2.75) is 84.7 Å². The minimum atomic E-state index is -0.480. The topological polar surface area (TPSA) is 80.7 Å². The first kappa shape index (κ1) is 26.7. The zero-order valence-corrected chi connectivity index (χ0v) is 20.5. The zero-order chi connectivity index (χ0) is 24.5. The third kappa shape index (κ3) is 8.39. The van der Waals surface area contributed by atoms with Crippen LogP contribution in [0.5, 0.6) is 0 Å². The van der Waals surface area contributed by atoms with Crippen LogP contribution < -0.4 is 0 Å². The average molecular weight is 455 g/mol. The maximum absolute atomic E-state index is 12.6. The van der Waals surface area contributed by atoms with E-state index in [1.54, 1.807) is 12.2 Å². The second-order valence-corrected chi connectivity index (χ2v) is 10.3. The molecule has 0 saturated carbocycles. The summed E-state index contributed by atoms with van der Waals surface area (Å²) in [5.41, 5.74) is 2.24. The molecule has 0 radical (unpaired) electrons. The number of hydrogen-bond acceptors (Lipinski definition) is 5. The van der Waals surface area contributed by atoms with Gasteiger partial charge in [-0.1, -0.05) is 56.7 Å². The van der Waals surface area contributed by atoms with Crippen LogP contribution in [0.25, 0.3) is 0 Å². The third-order valence-electron chi connectivity index (χ3n) is 6.30. The molecular weight excluding hydrogens is 416 g/mol. The van der Waals surface area contributed by atoms with Gasteiger partial charge in [0, 0.05) is 28.9 Å². The van der Waals surface area contributed by atoms with E-state index >= 15 is 0 Å². The van der Waals surface area contributed by atoms with E-state index in [1.165, 1.54) is 0 Å². The first-order chi connectivity index (χ1) is 15.6. The lowest BCUT2D eigenvalue weighted by Gasteiger charge is -2.22. The summed E-state index contributed by atoms with van der Waals surface area (Å²) >= 11 is 0. The largest absolute Gasteiger partial charge is 0.462 e. The molecule has 0 aromatic carbocycles. The molecule has 2 rings (SSSR count). The summed E-state index contributed by atoms with van der Waals surface area (Å²) in [7, 11) is 0. The molecule has 0 aliphatic heterocycles. The number of aliphatic hydroxyl groups is 1. The van der Waals surface area contributed by atoms with E-state index < -0.39 is 5.60 Å². The fourth-order valence-corrected chi connectivity index (χ4v) is 3.94. The summed E-state index contributed by atoms with van der Waals surface area (Å²) in [6.45, 7) is 8.50. The van der Waals surface area contributed by atoms with E-state index in [2.05, 4.69) is 0 Å². The molecule has 33 heavy (non-hydrogen) atoms. The van der Waals surface area contributed by atoms with Crippen LogP contribution in [0.3, 0.4) is 0 Å². The van der Waals surface area contributed by atoms with Crippen molar-refractivity contribution in [2.75, 3.05) is 6.61 Å². The fraction of sp³-hybridized carbons (Fsp3) is 0.536. The summed E-state index contributed by atoms with van der Waals surface area (Å²) in [5.74, 6) is 0.0485. The molecule has 2 aliphatic rings. The van der Waals surface area contributed by atoms with Gasteiger partial charge in [0.15, 0.2) is 11.6 Å². The molecule has 0 bridgehead atoms. The van der Waals surface area contributed by atoms with Crippen LogP contribution in [-0.2, 0) is 19.1 Å². The predicted octanol–water partition coefficient (Wildman–Crippen LogP) is 5.50. The Hall–Kier alpha value is -2.53. The molecule has 0 aromatic heterocycles. The van der Waals surface area contributed by atoms with Crippen molar-refractivity contribution >= 4 is 18.0 Å². The average Bonchev–Trinajstić information content (AvgIpc) is 3.29. The van der Waals surface area contributed by atoms with Crippen LogP contribution in [0.4, 0.5) is 0 Å². The number of ketones is 2. The van der Waals surface area contributed by atoms with E-state index in [0.29, 0.717) is 24.0 Å². The maximum atomic E-state index is 12.6. The van der Waals surface area contributed by atoms with E-state index in [1.807, 2.05) is 52.0 Å². The molecule has 5 heteroatoms. The minimum absolute atomic E-state index is 0.0142. The van der Waals surface area contributed by atoms with Gasteiger partial charge in [0.1, 0.15) is 5.60 Å². The number of Topliss-reactive ketones (excluding diaryl/α,β-unsaturated/α-hetero) is 2. The van der Waals surface area contributed by atoms with Crippen LogP contribution in [0, 0.1) is 5.41 Å². The molecule has 5 nitrogen and oxygen atoms in total. The Morgan fingerprint density at radius 2 is 1.27 bits per heavy atom. The second-order valence-electron chi connectivity index (χ2n) is 10.3. The normalized spacial score (nSPS) is 16.8. The van der Waals surface area contributed by atoms with Gasteiger partial charge in [-0.25, -0.2) is 0 Å². The van der Waals surface area contributed by atoms with Gasteiger partial charge in [-0.05, 0) is 64.2 Å². The van der Waals surface area contributed by atoms with Crippen molar-refractivity contribution in [3.63, 3.8) is 0 Å². The number of allylic oxidation sites excluding steroid dienone is 10. The van der Waals surface area contributed by atoms with Crippen molar-refractivity contribution in [3.05, 3.63) is 58.7 Å². The predicted molar refractivity (Wildman–Crippen MR) is 131 cm³/mol. The quantitative estimate of drug-likeness (QED) is 0.261. The van der Waals surface area contributed by atoms with Crippen LogP contribution in [-0.4, -0.2) is 35.4 Å². The highest BCUT2D eigenvalue weighted by Crippen LogP contribution is 2.27. The van der Waals surface area contributed by atoms with E-state index in [-0.39, 0.29) is 23.6 Å². The number of ether oxygens (including phenoxy) is 1. The first-order valence-corrected chi connectivity index (χ1v) is 11.9. The monoisotopic (exact) mass is 454 g/mol. The molecule has 0 heterocycles. The number of unbranched alkanes of at least 4 members (excludes halogenated alkanes) is 2. The summed E-state index contributed by atoms with van der Waals surface area (Å²) < 4.78 is 5.05. The second kappa shape index (κ2) is 12.1. The van der Waals surface area contributed by atoms with E-state index in [9.17, 15) is 19.5 Å². The highest BCUT2D eigenvalue weighted by atomic mass is 16.5. The Labute approximate surface area is 198 Å². The molecule has 0 fully saturated rings. The molecule has 0 aromatic rings. The van der Waals surface area contributed by atoms with Crippen LogP contribution in [0.1, 0.15) is 79.1 Å². The highest BCUT2D eigenvalue weighted by Gasteiger charge is 2.22. The third-order valence-corrected chi connectivity index (χ3v) is 6.30. The smallest absolute Gasteiger partial charge is 0.293 e. The van der Waals surface area contributed by atoms with Gasteiger partial charge in [0.25, 0.3) is 6.47 Å². The van der Waals surface area contributed by atoms with Gasteiger partial charge in [-0.15, -0.1) is 0 Å². The molecular formula is C28H38O5. The van der Waals surface area contributed by atoms with Gasteiger partial charge < -0.3 is 9.84 Å². The number of aliphatic hydroxyl groups excluding tert-OH is 1. The molecule has 0 saturated heterocycles. The first-order valence-electron chi connectivity index (χ1n) is 11.9. The molecule has 2 aliphatic carbocycles. The van der Waals surface area contributed by atoms with Crippen molar-refractivity contribution < 1.29 is 24.2 Å². The zero-order valence-electron chi connectivity index (χ0n) is 20.5. The van der Waals surface area contributed by atoms with E-state index in [4.69, 9.17) is 4.74 Å². The molecule has 1 N–H and O–H groups in total. The lowest BCUT2D eigenvalue weighted by molar-refractivity contribution is -0.140. The van der Waals surface area contributed by atoms with Crippen LogP contribution in [0.2, 0.25) is 0 Å². The SMILES string of the molecule is CC(C)(CO)CCCCC1=CC=C(C=CC2=CC=C(CCCCC(C)(C)OC=O)C2=O)C1=O. The summed E-state index contributed by atoms with van der Waals surface area (Å²) in [4.78, 5) is 35.8. The minimum Gasteiger partial charge on any atom is -0.462 e. The van der Waals surface area contributed by atoms with E-state index in [0.717, 1.165) is 56.1 Å². The Morgan fingerprint density at radius 3 is 1.73 bits per heavy atom. The molecule has 0 spiro atoms. The van der Waals surface area contributed by atoms with Crippen LogP contribution >= 0.6 is 0 Å². The number of hydrogen-bond donors (Lipinski definition) is 1. The standard InChI is InChI=1S/C28H38O5/c1-27(2,19-29)17-7-5-9-21-11-13-23(25(21)31)15-16-24-14-12-22(26(24)32)10-6-8-18-28(3,4)33-20-30/h11-16,20,29H,5-10,17-19H2,1-4H3. The highest BCUT2D eigenvalue weighted by molar-refractivity contribution is 6.15. The molecule has 0 unspecified atom stereocenters. The summed E-state index contributed by atoms with van der Waals surface area (Å²) in [5, 5.41) is 9.34. The van der Waals surface area contributed by atoms with Gasteiger partial charge in [-0.2, -0.15) is 0 Å².